The molecule has 16 heavy (non-hydrogen) atoms. The van der Waals surface area contributed by atoms with Gasteiger partial charge in [0.1, 0.15) is 0 Å². The molecule has 1 aromatic rings. The van der Waals surface area contributed by atoms with Crippen molar-refractivity contribution in [1.29, 1.82) is 0 Å². The van der Waals surface area contributed by atoms with E-state index in [9.17, 15) is 0 Å². The van der Waals surface area contributed by atoms with Crippen LogP contribution in [0.2, 0.25) is 4.44 Å². The second-order valence-corrected chi connectivity index (χ2v) is 17.5. The predicted octanol–water partition coefficient (Wildman–Crippen LogP) is 3.10. The summed E-state index contributed by atoms with van der Waals surface area (Å²) in [5, 5.41) is 2.08. The molecule has 0 radical (unpaired) electrons. The van der Waals surface area contributed by atoms with Gasteiger partial charge in [0.2, 0.25) is 0 Å². The molecule has 0 amide bonds. The summed E-state index contributed by atoms with van der Waals surface area (Å²) in [5.74, 6) is 0. The minimum atomic E-state index is -3.07. The second-order valence-electron chi connectivity index (χ2n) is 3.92. The molecule has 2 unspecified atom stereocenters. The van der Waals surface area contributed by atoms with E-state index in [0.29, 0.717) is 0 Å². The summed E-state index contributed by atoms with van der Waals surface area (Å²) in [6.45, 7) is 7.01. The number of rotatable bonds is 6. The van der Waals surface area contributed by atoms with Crippen LogP contribution in [0.15, 0.2) is 11.4 Å². The van der Waals surface area contributed by atoms with E-state index >= 15 is 0 Å². The summed E-state index contributed by atoms with van der Waals surface area (Å²) in [6, 6.07) is 2.17. The van der Waals surface area contributed by atoms with E-state index in [0.717, 1.165) is 17.5 Å². The molecule has 2 atom stereocenters. The van der Waals surface area contributed by atoms with Gasteiger partial charge in [-0.15, -0.1) is 0 Å². The molecular formula is C11H20ClNOSSn. The van der Waals surface area contributed by atoms with E-state index in [4.69, 9.17) is 17.7 Å². The van der Waals surface area contributed by atoms with Crippen LogP contribution in [0, 0.1) is 0 Å². The number of hydrogen-bond acceptors (Lipinski definition) is 3. The monoisotopic (exact) mass is 369 g/mol. The summed E-state index contributed by atoms with van der Waals surface area (Å²) >= 11 is -1.38. The molecule has 0 aliphatic heterocycles. The van der Waals surface area contributed by atoms with Gasteiger partial charge in [0.15, 0.2) is 0 Å². The van der Waals surface area contributed by atoms with Gasteiger partial charge in [-0.1, -0.05) is 0 Å². The summed E-state index contributed by atoms with van der Waals surface area (Å²) in [4.78, 5) is 1.21. The van der Waals surface area contributed by atoms with Crippen LogP contribution in [0.5, 0.6) is 0 Å². The molecule has 0 aromatic carbocycles. The predicted molar refractivity (Wildman–Crippen MR) is 74.9 cm³/mol. The molecule has 92 valence electrons. The Hall–Kier alpha value is 0.709. The van der Waals surface area contributed by atoms with Crippen LogP contribution >= 0.6 is 20.3 Å². The Morgan fingerprint density at radius 1 is 1.56 bits per heavy atom. The summed E-state index contributed by atoms with van der Waals surface area (Å²) < 4.78 is 8.18. The Morgan fingerprint density at radius 2 is 2.25 bits per heavy atom. The van der Waals surface area contributed by atoms with Crippen molar-refractivity contribution in [3.63, 3.8) is 0 Å². The van der Waals surface area contributed by atoms with Crippen LogP contribution in [-0.4, -0.2) is 24.3 Å². The van der Waals surface area contributed by atoms with Crippen molar-refractivity contribution in [2.75, 3.05) is 6.61 Å². The van der Waals surface area contributed by atoms with Crippen molar-refractivity contribution >= 4 is 41.5 Å². The summed E-state index contributed by atoms with van der Waals surface area (Å²) in [5.41, 5.74) is 5.97. The van der Waals surface area contributed by atoms with Crippen LogP contribution in [0.3, 0.4) is 0 Å². The summed E-state index contributed by atoms with van der Waals surface area (Å²) in [7, 11) is 6.76. The third-order valence-electron chi connectivity index (χ3n) is 2.50. The van der Waals surface area contributed by atoms with Gasteiger partial charge in [-0.3, -0.25) is 0 Å². The zero-order valence-electron chi connectivity index (χ0n) is 10.1. The van der Waals surface area contributed by atoms with Crippen molar-refractivity contribution in [2.24, 2.45) is 5.73 Å². The quantitative estimate of drug-likeness (QED) is 0.783. The first-order chi connectivity index (χ1) is 7.55. The van der Waals surface area contributed by atoms with E-state index in [1.165, 1.54) is 8.46 Å². The molecule has 0 fully saturated rings. The number of nitrogens with two attached hydrogens (primary N) is 1. The van der Waals surface area contributed by atoms with Gasteiger partial charge < -0.3 is 0 Å². The molecule has 0 saturated heterocycles. The van der Waals surface area contributed by atoms with Gasteiger partial charge >= 0.3 is 111 Å². The Balaban J connectivity index is 2.97. The molecular weight excluding hydrogens is 348 g/mol. The molecule has 0 aliphatic carbocycles. The molecule has 2 nitrogen and oxygen atoms in total. The SMILES string of the molecule is CCC[O][Sn]([Cl])([CH2]C)[c]1ccsc1C(C)N. The van der Waals surface area contributed by atoms with Crippen LogP contribution < -0.4 is 9.31 Å². The third kappa shape index (κ3) is 3.35. The van der Waals surface area contributed by atoms with Gasteiger partial charge in [-0.25, -0.2) is 0 Å². The molecule has 0 aliphatic rings. The first-order valence-corrected chi connectivity index (χ1v) is 14.8. The number of halogens is 1. The molecule has 0 saturated carbocycles. The van der Waals surface area contributed by atoms with Gasteiger partial charge in [0, 0.05) is 0 Å². The number of hydrogen-bond donors (Lipinski definition) is 1. The van der Waals surface area contributed by atoms with Crippen molar-refractivity contribution in [2.45, 2.75) is 37.7 Å². The van der Waals surface area contributed by atoms with Gasteiger partial charge in [-0.05, 0) is 0 Å². The molecule has 1 rings (SSSR count). The minimum absolute atomic E-state index is 0.0570. The molecule has 2 N–H and O–H groups in total. The maximum absolute atomic E-state index is 6.76. The van der Waals surface area contributed by atoms with Crippen molar-refractivity contribution < 1.29 is 3.07 Å². The van der Waals surface area contributed by atoms with Crippen molar-refractivity contribution in [3.8, 4) is 0 Å². The average molecular weight is 369 g/mol. The first kappa shape index (κ1) is 14.8. The van der Waals surface area contributed by atoms with Crippen molar-refractivity contribution in [3.05, 3.63) is 16.3 Å². The average Bonchev–Trinajstić information content (AvgIpc) is 2.75. The van der Waals surface area contributed by atoms with Crippen LogP contribution in [0.1, 0.15) is 38.1 Å². The van der Waals surface area contributed by atoms with E-state index in [1.54, 1.807) is 11.3 Å². The fraction of sp³-hybridized carbons (Fsp3) is 0.636. The summed E-state index contributed by atoms with van der Waals surface area (Å²) in [6.07, 6.45) is 1.02. The van der Waals surface area contributed by atoms with Gasteiger partial charge in [0.05, 0.1) is 0 Å². The van der Waals surface area contributed by atoms with E-state index < -0.39 is 17.7 Å². The van der Waals surface area contributed by atoms with E-state index in [-0.39, 0.29) is 6.04 Å². The Bertz CT molecular complexity index is 332. The fourth-order valence-electron chi connectivity index (χ4n) is 1.62. The van der Waals surface area contributed by atoms with Crippen LogP contribution in [-0.2, 0) is 3.07 Å². The fourth-order valence-corrected chi connectivity index (χ4v) is 12.6. The molecule has 5 heteroatoms. The van der Waals surface area contributed by atoms with Gasteiger partial charge in [-0.2, -0.15) is 0 Å². The molecule has 0 spiro atoms. The molecule has 0 bridgehead atoms. The normalized spacial score (nSPS) is 17.1. The number of thiophene rings is 1. The van der Waals surface area contributed by atoms with E-state index in [2.05, 4.69) is 25.3 Å². The zero-order valence-corrected chi connectivity index (χ0v) is 14.6. The topological polar surface area (TPSA) is 35.2 Å². The maximum atomic E-state index is 6.76. The Labute approximate surface area is 110 Å². The zero-order chi connectivity index (χ0) is 12.2. The second kappa shape index (κ2) is 6.59. The third-order valence-corrected chi connectivity index (χ3v) is 16.1. The molecule has 1 aromatic heterocycles. The van der Waals surface area contributed by atoms with E-state index in [1.807, 2.05) is 6.92 Å². The molecule has 1 heterocycles. The first-order valence-electron chi connectivity index (χ1n) is 5.71. The Morgan fingerprint density at radius 3 is 2.75 bits per heavy atom. The standard InChI is InChI=1S/C6H8NS.C3H7O.C2H5.ClH.Sn/c1-5(7)6-3-2-4-8-6;1-2-3-4;1-2;;/h2,4-5H,7H2,1H3;2-3H2,1H3;1H2,2H3;1H;/q;-1;;;+2/p-1. The van der Waals surface area contributed by atoms with Crippen LogP contribution in [0.4, 0.5) is 0 Å². The van der Waals surface area contributed by atoms with Crippen LogP contribution in [0.25, 0.3) is 0 Å². The van der Waals surface area contributed by atoms with Crippen molar-refractivity contribution in [1.82, 2.24) is 0 Å². The Kier molecular flexibility index (Phi) is 6.08. The van der Waals surface area contributed by atoms with Gasteiger partial charge in [0.25, 0.3) is 0 Å².